The van der Waals surface area contributed by atoms with E-state index in [0.717, 1.165) is 5.56 Å². The van der Waals surface area contributed by atoms with Gasteiger partial charge < -0.3 is 5.32 Å². The highest BCUT2D eigenvalue weighted by atomic mass is 35.5. The topological polar surface area (TPSA) is 29.1 Å². The third-order valence-corrected chi connectivity index (χ3v) is 4.43. The minimum absolute atomic E-state index is 0.0971. The Balaban J connectivity index is 2.10. The summed E-state index contributed by atoms with van der Waals surface area (Å²) in [6.07, 6.45) is 2.03. The van der Waals surface area contributed by atoms with Crippen LogP contribution in [0.4, 0.5) is 0 Å². The normalized spacial score (nSPS) is 12.0. The van der Waals surface area contributed by atoms with Gasteiger partial charge in [-0.2, -0.15) is 0 Å². The van der Waals surface area contributed by atoms with Crippen LogP contribution < -0.4 is 5.32 Å². The van der Waals surface area contributed by atoms with Gasteiger partial charge in [-0.25, -0.2) is 0 Å². The zero-order valence-corrected chi connectivity index (χ0v) is 14.0. The molecule has 2 rings (SSSR count). The molecule has 1 atom stereocenters. The molecular formula is C16H15Cl2NOS. The molecule has 1 amide bonds. The van der Waals surface area contributed by atoms with E-state index in [1.807, 2.05) is 37.4 Å². The molecule has 0 aromatic heterocycles. The van der Waals surface area contributed by atoms with E-state index < -0.39 is 0 Å². The van der Waals surface area contributed by atoms with Crippen LogP contribution in [0.3, 0.4) is 0 Å². The number of hydrogen-bond acceptors (Lipinski definition) is 2. The van der Waals surface area contributed by atoms with Gasteiger partial charge in [0.05, 0.1) is 16.6 Å². The Labute approximate surface area is 138 Å². The Morgan fingerprint density at radius 3 is 2.38 bits per heavy atom. The van der Waals surface area contributed by atoms with Gasteiger partial charge in [0.2, 0.25) is 0 Å². The van der Waals surface area contributed by atoms with E-state index in [0.29, 0.717) is 15.6 Å². The van der Waals surface area contributed by atoms with Crippen molar-refractivity contribution >= 4 is 40.9 Å². The first kappa shape index (κ1) is 16.2. The van der Waals surface area contributed by atoms with Gasteiger partial charge in [-0.05, 0) is 49.1 Å². The van der Waals surface area contributed by atoms with Crippen molar-refractivity contribution in [1.82, 2.24) is 5.32 Å². The van der Waals surface area contributed by atoms with Gasteiger partial charge in [0.25, 0.3) is 5.91 Å². The number of nitrogens with one attached hydrogen (secondary N) is 1. The molecule has 0 bridgehead atoms. The molecule has 2 aromatic carbocycles. The van der Waals surface area contributed by atoms with Crippen LogP contribution in [0.2, 0.25) is 10.0 Å². The number of halogens is 2. The van der Waals surface area contributed by atoms with E-state index in [9.17, 15) is 4.79 Å². The van der Waals surface area contributed by atoms with Crippen molar-refractivity contribution in [3.8, 4) is 0 Å². The number of thioether (sulfide) groups is 1. The predicted molar refractivity (Wildman–Crippen MR) is 90.6 cm³/mol. The molecule has 0 saturated carbocycles. The van der Waals surface area contributed by atoms with Gasteiger partial charge in [0.15, 0.2) is 0 Å². The van der Waals surface area contributed by atoms with Crippen LogP contribution >= 0.6 is 35.0 Å². The molecule has 110 valence electrons. The van der Waals surface area contributed by atoms with E-state index in [1.54, 1.807) is 30.0 Å². The van der Waals surface area contributed by atoms with Crippen molar-refractivity contribution in [2.45, 2.75) is 17.9 Å². The number of carbonyl (C=O) groups excluding carboxylic acids is 1. The third-order valence-electron chi connectivity index (χ3n) is 3.14. The van der Waals surface area contributed by atoms with E-state index >= 15 is 0 Å². The molecule has 0 aliphatic rings. The van der Waals surface area contributed by atoms with Gasteiger partial charge in [-0.15, -0.1) is 11.8 Å². The summed E-state index contributed by atoms with van der Waals surface area (Å²) in [5.41, 5.74) is 1.47. The average Bonchev–Trinajstić information content (AvgIpc) is 2.47. The molecule has 0 unspecified atom stereocenters. The van der Waals surface area contributed by atoms with Crippen LogP contribution in [-0.2, 0) is 0 Å². The summed E-state index contributed by atoms with van der Waals surface area (Å²) in [6, 6.07) is 12.9. The lowest BCUT2D eigenvalue weighted by Crippen LogP contribution is -2.26. The number of hydrogen-bond donors (Lipinski definition) is 1. The van der Waals surface area contributed by atoms with Crippen LogP contribution in [0.1, 0.15) is 28.9 Å². The zero-order chi connectivity index (χ0) is 15.4. The van der Waals surface area contributed by atoms with Gasteiger partial charge >= 0.3 is 0 Å². The Hall–Kier alpha value is -1.16. The maximum atomic E-state index is 12.2. The fourth-order valence-electron chi connectivity index (χ4n) is 1.92. The summed E-state index contributed by atoms with van der Waals surface area (Å²) in [7, 11) is 0. The number of amides is 1. The second-order valence-electron chi connectivity index (χ2n) is 4.59. The van der Waals surface area contributed by atoms with Gasteiger partial charge in [-0.1, -0.05) is 35.3 Å². The van der Waals surface area contributed by atoms with Gasteiger partial charge in [0, 0.05) is 9.92 Å². The lowest BCUT2D eigenvalue weighted by atomic mass is 10.1. The minimum Gasteiger partial charge on any atom is -0.345 e. The Bertz CT molecular complexity index is 643. The third kappa shape index (κ3) is 4.16. The SMILES string of the molecule is CSc1ccc([C@H](C)NC(=O)c2ccc(Cl)cc2Cl)cc1. The van der Waals surface area contributed by atoms with Gasteiger partial charge in [-0.3, -0.25) is 4.79 Å². The largest absolute Gasteiger partial charge is 0.345 e. The Morgan fingerprint density at radius 2 is 1.81 bits per heavy atom. The van der Waals surface area contributed by atoms with Crippen LogP contribution in [0.15, 0.2) is 47.4 Å². The maximum absolute atomic E-state index is 12.2. The summed E-state index contributed by atoms with van der Waals surface area (Å²) in [5.74, 6) is -0.210. The molecule has 0 radical (unpaired) electrons. The second-order valence-corrected chi connectivity index (χ2v) is 6.32. The predicted octanol–water partition coefficient (Wildman–Crippen LogP) is 5.21. The number of benzene rings is 2. The molecule has 0 spiro atoms. The standard InChI is InChI=1S/C16H15Cl2NOS/c1-10(11-3-6-13(21-2)7-4-11)19-16(20)14-8-5-12(17)9-15(14)18/h3-10H,1-2H3,(H,19,20)/t10-/m0/s1. The van der Waals surface area contributed by atoms with Crippen molar-refractivity contribution in [3.05, 3.63) is 63.6 Å². The fourth-order valence-corrected chi connectivity index (χ4v) is 2.83. The van der Waals surface area contributed by atoms with E-state index in [-0.39, 0.29) is 11.9 Å². The monoisotopic (exact) mass is 339 g/mol. The van der Waals surface area contributed by atoms with Crippen molar-refractivity contribution in [3.63, 3.8) is 0 Å². The maximum Gasteiger partial charge on any atom is 0.253 e. The summed E-state index contributed by atoms with van der Waals surface area (Å²) in [6.45, 7) is 1.94. The summed E-state index contributed by atoms with van der Waals surface area (Å²) in [5, 5.41) is 3.80. The van der Waals surface area contributed by atoms with Crippen LogP contribution in [0.5, 0.6) is 0 Å². The molecule has 2 nitrogen and oxygen atoms in total. The van der Waals surface area contributed by atoms with Crippen molar-refractivity contribution in [2.24, 2.45) is 0 Å². The highest BCUT2D eigenvalue weighted by Gasteiger charge is 2.14. The van der Waals surface area contributed by atoms with E-state index in [4.69, 9.17) is 23.2 Å². The average molecular weight is 340 g/mol. The van der Waals surface area contributed by atoms with Crippen LogP contribution in [-0.4, -0.2) is 12.2 Å². The molecular weight excluding hydrogens is 325 g/mol. The lowest BCUT2D eigenvalue weighted by Gasteiger charge is -2.15. The molecule has 0 aliphatic carbocycles. The van der Waals surface area contributed by atoms with Crippen LogP contribution in [0.25, 0.3) is 0 Å². The molecule has 1 N–H and O–H groups in total. The molecule has 5 heteroatoms. The molecule has 0 fully saturated rings. The van der Waals surface area contributed by atoms with E-state index in [2.05, 4.69) is 5.32 Å². The quantitative estimate of drug-likeness (QED) is 0.775. The molecule has 0 aliphatic heterocycles. The Kier molecular flexibility index (Phi) is 5.57. The van der Waals surface area contributed by atoms with Crippen molar-refractivity contribution in [2.75, 3.05) is 6.26 Å². The van der Waals surface area contributed by atoms with Crippen molar-refractivity contribution < 1.29 is 4.79 Å². The van der Waals surface area contributed by atoms with Crippen LogP contribution in [0, 0.1) is 0 Å². The highest BCUT2D eigenvalue weighted by Crippen LogP contribution is 2.23. The zero-order valence-electron chi connectivity index (χ0n) is 11.7. The molecule has 2 aromatic rings. The van der Waals surface area contributed by atoms with Gasteiger partial charge in [0.1, 0.15) is 0 Å². The number of rotatable bonds is 4. The smallest absolute Gasteiger partial charge is 0.253 e. The lowest BCUT2D eigenvalue weighted by molar-refractivity contribution is 0.0940. The van der Waals surface area contributed by atoms with E-state index in [1.165, 1.54) is 4.90 Å². The molecule has 21 heavy (non-hydrogen) atoms. The number of carbonyl (C=O) groups is 1. The first-order valence-electron chi connectivity index (χ1n) is 6.41. The summed E-state index contributed by atoms with van der Waals surface area (Å²) < 4.78 is 0. The molecule has 0 heterocycles. The fraction of sp³-hybridized carbons (Fsp3) is 0.188. The summed E-state index contributed by atoms with van der Waals surface area (Å²) in [4.78, 5) is 13.4. The summed E-state index contributed by atoms with van der Waals surface area (Å²) >= 11 is 13.6. The first-order valence-corrected chi connectivity index (χ1v) is 8.39. The second kappa shape index (κ2) is 7.21. The highest BCUT2D eigenvalue weighted by molar-refractivity contribution is 7.98. The first-order chi connectivity index (χ1) is 10.0. The Morgan fingerprint density at radius 1 is 1.14 bits per heavy atom. The van der Waals surface area contributed by atoms with Crippen molar-refractivity contribution in [1.29, 1.82) is 0 Å². The molecule has 0 saturated heterocycles. The minimum atomic E-state index is -0.210.